The molecule has 0 aliphatic carbocycles. The number of likely N-dealkylation sites (tertiary alicyclic amines) is 1. The molecular formula is C19H24N6. The van der Waals surface area contributed by atoms with Crippen LogP contribution in [-0.2, 0) is 6.54 Å². The molecular weight excluding hydrogens is 312 g/mol. The molecule has 1 fully saturated rings. The number of anilines is 2. The molecule has 0 bridgehead atoms. The van der Waals surface area contributed by atoms with Crippen LogP contribution in [0.2, 0.25) is 0 Å². The zero-order valence-electron chi connectivity index (χ0n) is 15.1. The molecule has 0 amide bonds. The minimum absolute atomic E-state index is 0.447. The lowest BCUT2D eigenvalue weighted by atomic mass is 10.1. The van der Waals surface area contributed by atoms with E-state index in [9.17, 15) is 0 Å². The van der Waals surface area contributed by atoms with E-state index in [1.165, 1.54) is 5.56 Å². The number of nitrogens with zero attached hydrogens (tertiary/aromatic N) is 6. The summed E-state index contributed by atoms with van der Waals surface area (Å²) in [6, 6.07) is 12.5. The van der Waals surface area contributed by atoms with E-state index in [0.717, 1.165) is 37.7 Å². The zero-order valence-corrected chi connectivity index (χ0v) is 15.1. The Hall–Kier alpha value is -2.65. The van der Waals surface area contributed by atoms with Crippen molar-refractivity contribution in [2.24, 2.45) is 0 Å². The third kappa shape index (κ3) is 4.06. The Morgan fingerprint density at radius 1 is 1.16 bits per heavy atom. The number of nitriles is 1. The maximum Gasteiger partial charge on any atom is 0.134 e. The number of hydrogen-bond donors (Lipinski definition) is 0. The highest BCUT2D eigenvalue weighted by Gasteiger charge is 2.26. The van der Waals surface area contributed by atoms with E-state index in [2.05, 4.69) is 32.9 Å². The molecule has 25 heavy (non-hydrogen) atoms. The van der Waals surface area contributed by atoms with Crippen molar-refractivity contribution < 1.29 is 0 Å². The molecule has 1 atom stereocenters. The summed E-state index contributed by atoms with van der Waals surface area (Å²) in [5, 5.41) is 8.89. The summed E-state index contributed by atoms with van der Waals surface area (Å²) in [5.41, 5.74) is 1.96. The van der Waals surface area contributed by atoms with Crippen LogP contribution in [-0.4, -0.2) is 55.1 Å². The molecule has 0 radical (unpaired) electrons. The highest BCUT2D eigenvalue weighted by atomic mass is 15.3. The maximum atomic E-state index is 8.89. The van der Waals surface area contributed by atoms with Gasteiger partial charge in [0.2, 0.25) is 0 Å². The van der Waals surface area contributed by atoms with Gasteiger partial charge in [-0.05, 0) is 24.1 Å². The normalized spacial score (nSPS) is 17.3. The molecule has 0 saturated carbocycles. The quantitative estimate of drug-likeness (QED) is 0.834. The second-order valence-corrected chi connectivity index (χ2v) is 6.73. The van der Waals surface area contributed by atoms with Crippen LogP contribution in [0.1, 0.15) is 17.5 Å². The first kappa shape index (κ1) is 17.2. The van der Waals surface area contributed by atoms with Gasteiger partial charge in [0.15, 0.2) is 0 Å². The Bertz CT molecular complexity index is 749. The Morgan fingerprint density at radius 2 is 1.88 bits per heavy atom. The molecule has 3 rings (SSSR count). The van der Waals surface area contributed by atoms with Gasteiger partial charge in [-0.3, -0.25) is 4.90 Å². The molecule has 6 heteroatoms. The first-order valence-corrected chi connectivity index (χ1v) is 8.50. The molecule has 1 aliphatic rings. The summed E-state index contributed by atoms with van der Waals surface area (Å²) in [5.74, 6) is 1.88. The van der Waals surface area contributed by atoms with Crippen LogP contribution >= 0.6 is 0 Å². The SMILES string of the molecule is CN(C)c1cc(N(C)C2CCN(Cc3ccc(C#N)cc3)C2)ncn1. The summed E-state index contributed by atoms with van der Waals surface area (Å²) in [6.45, 7) is 3.00. The van der Waals surface area contributed by atoms with Gasteiger partial charge < -0.3 is 9.80 Å². The fourth-order valence-corrected chi connectivity index (χ4v) is 3.18. The minimum atomic E-state index is 0.447. The second kappa shape index (κ2) is 7.49. The number of likely N-dealkylation sites (N-methyl/N-ethyl adjacent to an activating group) is 1. The van der Waals surface area contributed by atoms with Crippen molar-refractivity contribution in [1.82, 2.24) is 14.9 Å². The minimum Gasteiger partial charge on any atom is -0.363 e. The Balaban J connectivity index is 1.61. The average molecular weight is 336 g/mol. The van der Waals surface area contributed by atoms with E-state index in [4.69, 9.17) is 5.26 Å². The summed E-state index contributed by atoms with van der Waals surface area (Å²) < 4.78 is 0. The van der Waals surface area contributed by atoms with Crippen molar-refractivity contribution in [2.75, 3.05) is 44.0 Å². The topological polar surface area (TPSA) is 59.3 Å². The molecule has 1 unspecified atom stereocenters. The molecule has 2 heterocycles. The number of hydrogen-bond acceptors (Lipinski definition) is 6. The van der Waals surface area contributed by atoms with E-state index in [1.54, 1.807) is 6.33 Å². The lowest BCUT2D eigenvalue weighted by Crippen LogP contribution is -2.35. The highest BCUT2D eigenvalue weighted by molar-refractivity contribution is 5.49. The van der Waals surface area contributed by atoms with Crippen LogP contribution in [0, 0.1) is 11.3 Å². The third-order valence-corrected chi connectivity index (χ3v) is 4.74. The predicted molar refractivity (Wildman–Crippen MR) is 99.6 cm³/mol. The lowest BCUT2D eigenvalue weighted by molar-refractivity contribution is 0.326. The van der Waals surface area contributed by atoms with Crippen LogP contribution in [0.25, 0.3) is 0 Å². The average Bonchev–Trinajstić information content (AvgIpc) is 3.10. The molecule has 1 aromatic carbocycles. The van der Waals surface area contributed by atoms with Gasteiger partial charge in [0.05, 0.1) is 11.6 Å². The van der Waals surface area contributed by atoms with Crippen molar-refractivity contribution in [1.29, 1.82) is 5.26 Å². The molecule has 1 saturated heterocycles. The van der Waals surface area contributed by atoms with Gasteiger partial charge in [0.1, 0.15) is 18.0 Å². The Kier molecular flexibility index (Phi) is 5.15. The molecule has 1 aliphatic heterocycles. The number of benzene rings is 1. The van der Waals surface area contributed by atoms with Gasteiger partial charge in [-0.2, -0.15) is 5.26 Å². The molecule has 2 aromatic rings. The van der Waals surface area contributed by atoms with Gasteiger partial charge in [-0.25, -0.2) is 9.97 Å². The van der Waals surface area contributed by atoms with E-state index < -0.39 is 0 Å². The monoisotopic (exact) mass is 336 g/mol. The first-order chi connectivity index (χ1) is 12.1. The number of aromatic nitrogens is 2. The summed E-state index contributed by atoms with van der Waals surface area (Å²) >= 11 is 0. The second-order valence-electron chi connectivity index (χ2n) is 6.73. The predicted octanol–water partition coefficient (Wildman–Crippen LogP) is 2.12. The van der Waals surface area contributed by atoms with Gasteiger partial charge in [-0.15, -0.1) is 0 Å². The summed E-state index contributed by atoms with van der Waals surface area (Å²) in [4.78, 5) is 15.4. The molecule has 6 nitrogen and oxygen atoms in total. The van der Waals surface area contributed by atoms with Gasteiger partial charge in [0, 0.05) is 52.9 Å². The highest BCUT2D eigenvalue weighted by Crippen LogP contribution is 2.23. The molecule has 0 N–H and O–H groups in total. The van der Waals surface area contributed by atoms with Gasteiger partial charge in [-0.1, -0.05) is 12.1 Å². The molecule has 1 aromatic heterocycles. The van der Waals surface area contributed by atoms with Gasteiger partial charge in [0.25, 0.3) is 0 Å². The van der Waals surface area contributed by atoms with Crippen molar-refractivity contribution in [3.8, 4) is 6.07 Å². The van der Waals surface area contributed by atoms with Crippen LogP contribution < -0.4 is 9.80 Å². The van der Waals surface area contributed by atoms with Crippen molar-refractivity contribution >= 4 is 11.6 Å². The Morgan fingerprint density at radius 3 is 2.56 bits per heavy atom. The molecule has 0 spiro atoms. The van der Waals surface area contributed by atoms with Crippen molar-refractivity contribution in [3.63, 3.8) is 0 Å². The van der Waals surface area contributed by atoms with Crippen molar-refractivity contribution in [3.05, 3.63) is 47.8 Å². The summed E-state index contributed by atoms with van der Waals surface area (Å²) in [6.07, 6.45) is 2.75. The van der Waals surface area contributed by atoms with E-state index in [1.807, 2.05) is 49.3 Å². The Labute approximate surface area is 149 Å². The fraction of sp³-hybridized carbons (Fsp3) is 0.421. The number of rotatable bonds is 5. The maximum absolute atomic E-state index is 8.89. The fourth-order valence-electron chi connectivity index (χ4n) is 3.18. The van der Waals surface area contributed by atoms with Crippen LogP contribution in [0.3, 0.4) is 0 Å². The smallest absolute Gasteiger partial charge is 0.134 e. The zero-order chi connectivity index (χ0) is 17.8. The van der Waals surface area contributed by atoms with Crippen LogP contribution in [0.4, 0.5) is 11.6 Å². The lowest BCUT2D eigenvalue weighted by Gasteiger charge is -2.26. The van der Waals surface area contributed by atoms with Crippen LogP contribution in [0.15, 0.2) is 36.7 Å². The van der Waals surface area contributed by atoms with Crippen LogP contribution in [0.5, 0.6) is 0 Å². The van der Waals surface area contributed by atoms with E-state index >= 15 is 0 Å². The van der Waals surface area contributed by atoms with Gasteiger partial charge >= 0.3 is 0 Å². The molecule has 130 valence electrons. The summed E-state index contributed by atoms with van der Waals surface area (Å²) in [7, 11) is 6.08. The van der Waals surface area contributed by atoms with Crippen molar-refractivity contribution in [2.45, 2.75) is 19.0 Å². The third-order valence-electron chi connectivity index (χ3n) is 4.74. The largest absolute Gasteiger partial charge is 0.363 e. The first-order valence-electron chi connectivity index (χ1n) is 8.50. The van der Waals surface area contributed by atoms with E-state index in [-0.39, 0.29) is 0 Å². The van der Waals surface area contributed by atoms with E-state index in [0.29, 0.717) is 11.6 Å². The standard InChI is InChI=1S/C19H24N6/c1-23(2)18-10-19(22-14-21-18)24(3)17-8-9-25(13-17)12-16-6-4-15(11-20)5-7-16/h4-7,10,14,17H,8-9,12-13H2,1-3H3.